The second-order valence-corrected chi connectivity index (χ2v) is 2.44. The van der Waals surface area contributed by atoms with Gasteiger partial charge in [-0.2, -0.15) is 0 Å². The summed E-state index contributed by atoms with van der Waals surface area (Å²) >= 11 is 0. The largest absolute Gasteiger partial charge is 0.504 e. The molecule has 1 rings (SSSR count). The highest BCUT2D eigenvalue weighted by atomic mass is 16.3. The van der Waals surface area contributed by atoms with Gasteiger partial charge in [-0.3, -0.25) is 0 Å². The zero-order chi connectivity index (χ0) is 10.2. The van der Waals surface area contributed by atoms with Gasteiger partial charge in [0.2, 0.25) is 0 Å². The van der Waals surface area contributed by atoms with E-state index in [0.717, 1.165) is 0 Å². The molecule has 1 aromatic rings. The summed E-state index contributed by atoms with van der Waals surface area (Å²) in [6.45, 7) is -0.723. The van der Waals surface area contributed by atoms with Gasteiger partial charge in [0.05, 0.1) is 12.2 Å². The van der Waals surface area contributed by atoms with Crippen molar-refractivity contribution in [1.82, 2.24) is 0 Å². The van der Waals surface area contributed by atoms with Crippen LogP contribution in [0.3, 0.4) is 0 Å². The first-order chi connectivity index (χ1) is 6.00. The smallest absolute Gasteiger partial charge is 0.185 e. The van der Waals surface area contributed by atoms with Crippen molar-refractivity contribution in [1.29, 1.82) is 0 Å². The molecule has 6 nitrogen and oxygen atoms in total. The first-order valence-corrected chi connectivity index (χ1v) is 3.35. The first-order valence-electron chi connectivity index (χ1n) is 3.35. The number of aliphatic hydroxyl groups excluding tert-OH is 1. The lowest BCUT2D eigenvalue weighted by Gasteiger charge is -2.10. The van der Waals surface area contributed by atoms with Gasteiger partial charge in [0.25, 0.3) is 0 Å². The molecule has 0 spiro atoms. The molecule has 0 saturated carbocycles. The van der Waals surface area contributed by atoms with Gasteiger partial charge in [-0.25, -0.2) is 0 Å². The third kappa shape index (κ3) is 1.17. The molecule has 7 N–H and O–H groups in total. The molecule has 1 aromatic carbocycles. The topological polar surface area (TPSA) is 127 Å². The lowest BCUT2D eigenvalue weighted by molar-refractivity contribution is 0.263. The number of nitrogen functional groups attached to an aromatic ring is 1. The van der Waals surface area contributed by atoms with E-state index in [1.807, 2.05) is 0 Å². The molecule has 0 unspecified atom stereocenters. The first kappa shape index (κ1) is 9.27. The summed E-state index contributed by atoms with van der Waals surface area (Å²) in [4.78, 5) is 0. The van der Waals surface area contributed by atoms with Gasteiger partial charge in [-0.15, -0.1) is 0 Å². The molecular formula is C7H9NO5. The number of aromatic hydroxyl groups is 4. The van der Waals surface area contributed by atoms with Crippen LogP contribution in [-0.4, -0.2) is 25.5 Å². The lowest BCUT2D eigenvalue weighted by atomic mass is 10.1. The number of hydrogen-bond acceptors (Lipinski definition) is 6. The van der Waals surface area contributed by atoms with Crippen molar-refractivity contribution in [3.05, 3.63) is 5.56 Å². The Morgan fingerprint density at radius 2 is 1.23 bits per heavy atom. The molecule has 0 aliphatic heterocycles. The Kier molecular flexibility index (Phi) is 2.07. The number of phenolic OH excluding ortho intramolecular Hbond substituents is 2. The van der Waals surface area contributed by atoms with Gasteiger partial charge in [0.1, 0.15) is 5.69 Å². The van der Waals surface area contributed by atoms with Crippen LogP contribution >= 0.6 is 0 Å². The molecule has 0 aromatic heterocycles. The van der Waals surface area contributed by atoms with Crippen LogP contribution in [0.2, 0.25) is 0 Å². The zero-order valence-corrected chi connectivity index (χ0v) is 6.52. The van der Waals surface area contributed by atoms with Crippen LogP contribution < -0.4 is 5.73 Å². The average Bonchev–Trinajstić information content (AvgIpc) is 2.13. The number of hydrogen-bond donors (Lipinski definition) is 6. The van der Waals surface area contributed by atoms with Crippen molar-refractivity contribution in [3.8, 4) is 23.0 Å². The van der Waals surface area contributed by atoms with Crippen LogP contribution in [0.5, 0.6) is 23.0 Å². The molecule has 0 aliphatic carbocycles. The van der Waals surface area contributed by atoms with E-state index >= 15 is 0 Å². The number of aliphatic hydroxyl groups is 1. The minimum Gasteiger partial charge on any atom is -0.504 e. The van der Waals surface area contributed by atoms with Crippen molar-refractivity contribution in [2.24, 2.45) is 0 Å². The van der Waals surface area contributed by atoms with Crippen molar-refractivity contribution < 1.29 is 25.5 Å². The van der Waals surface area contributed by atoms with Crippen LogP contribution in [0.15, 0.2) is 0 Å². The van der Waals surface area contributed by atoms with Crippen molar-refractivity contribution in [2.45, 2.75) is 6.61 Å². The summed E-state index contributed by atoms with van der Waals surface area (Å²) in [5.74, 6) is -3.01. The third-order valence-corrected chi connectivity index (χ3v) is 1.69. The Bertz CT molecular complexity index is 320. The number of nitrogens with two attached hydrogens (primary N) is 1. The Labute approximate surface area is 73.1 Å². The molecule has 0 aliphatic rings. The molecule has 72 valence electrons. The Hall–Kier alpha value is -1.82. The summed E-state index contributed by atoms with van der Waals surface area (Å²) in [5, 5.41) is 45.0. The predicted molar refractivity (Wildman–Crippen MR) is 43.4 cm³/mol. The summed E-state index contributed by atoms with van der Waals surface area (Å²) < 4.78 is 0. The van der Waals surface area contributed by atoms with E-state index in [2.05, 4.69) is 0 Å². The van der Waals surface area contributed by atoms with Crippen molar-refractivity contribution in [3.63, 3.8) is 0 Å². The fourth-order valence-corrected chi connectivity index (χ4v) is 0.915. The average molecular weight is 187 g/mol. The molecule has 0 radical (unpaired) electrons. The lowest BCUT2D eigenvalue weighted by Crippen LogP contribution is -1.93. The van der Waals surface area contributed by atoms with Crippen LogP contribution in [0.1, 0.15) is 5.56 Å². The predicted octanol–water partition coefficient (Wildman–Crippen LogP) is -0.417. The van der Waals surface area contributed by atoms with E-state index < -0.39 is 35.3 Å². The van der Waals surface area contributed by atoms with E-state index in [1.165, 1.54) is 0 Å². The maximum atomic E-state index is 9.12. The van der Waals surface area contributed by atoms with E-state index in [1.54, 1.807) is 0 Å². The number of phenols is 4. The van der Waals surface area contributed by atoms with E-state index in [-0.39, 0.29) is 5.56 Å². The standard InChI is InChI=1S/C7H9NO5/c8-3-6(12)4(10)2(1-9)5(11)7(3)13/h9-13H,1,8H2. The Morgan fingerprint density at radius 3 is 1.54 bits per heavy atom. The second kappa shape index (κ2) is 2.91. The number of anilines is 1. The van der Waals surface area contributed by atoms with Crippen LogP contribution in [-0.2, 0) is 6.61 Å². The molecule has 0 heterocycles. The quantitative estimate of drug-likeness (QED) is 0.201. The molecule has 0 fully saturated rings. The van der Waals surface area contributed by atoms with E-state index in [9.17, 15) is 0 Å². The van der Waals surface area contributed by atoms with Gasteiger partial charge in [-0.1, -0.05) is 0 Å². The second-order valence-electron chi connectivity index (χ2n) is 2.44. The van der Waals surface area contributed by atoms with Gasteiger partial charge in [-0.05, 0) is 0 Å². The van der Waals surface area contributed by atoms with E-state index in [4.69, 9.17) is 31.3 Å². The Balaban J connectivity index is 3.56. The SMILES string of the molecule is Nc1c(O)c(O)c(CO)c(O)c1O. The minimum absolute atomic E-state index is 0.371. The van der Waals surface area contributed by atoms with Crippen molar-refractivity contribution >= 4 is 5.69 Å². The molecule has 13 heavy (non-hydrogen) atoms. The normalized spacial score (nSPS) is 10.2. The van der Waals surface area contributed by atoms with E-state index in [0.29, 0.717) is 0 Å². The highest BCUT2D eigenvalue weighted by Gasteiger charge is 2.20. The highest BCUT2D eigenvalue weighted by molar-refractivity contribution is 5.74. The maximum absolute atomic E-state index is 9.12. The van der Waals surface area contributed by atoms with Crippen LogP contribution in [0, 0.1) is 0 Å². The van der Waals surface area contributed by atoms with Crippen LogP contribution in [0.25, 0.3) is 0 Å². The van der Waals surface area contributed by atoms with Crippen LogP contribution in [0.4, 0.5) is 5.69 Å². The zero-order valence-electron chi connectivity index (χ0n) is 6.52. The summed E-state index contributed by atoms with van der Waals surface area (Å²) in [6, 6.07) is 0. The third-order valence-electron chi connectivity index (χ3n) is 1.69. The van der Waals surface area contributed by atoms with Gasteiger partial charge < -0.3 is 31.3 Å². The number of rotatable bonds is 1. The maximum Gasteiger partial charge on any atom is 0.185 e. The fourth-order valence-electron chi connectivity index (χ4n) is 0.915. The monoisotopic (exact) mass is 187 g/mol. The molecule has 0 saturated heterocycles. The molecule has 0 amide bonds. The molecule has 0 bridgehead atoms. The summed E-state index contributed by atoms with van der Waals surface area (Å²) in [6.07, 6.45) is 0. The minimum atomic E-state index is -0.764. The van der Waals surface area contributed by atoms with Gasteiger partial charge >= 0.3 is 0 Å². The molecule has 0 atom stereocenters. The van der Waals surface area contributed by atoms with Crippen molar-refractivity contribution in [2.75, 3.05) is 5.73 Å². The summed E-state index contributed by atoms with van der Waals surface area (Å²) in [7, 11) is 0. The fraction of sp³-hybridized carbons (Fsp3) is 0.143. The summed E-state index contributed by atoms with van der Waals surface area (Å²) in [5.41, 5.74) is 4.20. The Morgan fingerprint density at radius 1 is 0.846 bits per heavy atom. The molecule has 6 heteroatoms. The number of benzene rings is 1. The highest BCUT2D eigenvalue weighted by Crippen LogP contribution is 2.47. The van der Waals surface area contributed by atoms with Gasteiger partial charge in [0, 0.05) is 0 Å². The molecular weight excluding hydrogens is 178 g/mol. The van der Waals surface area contributed by atoms with Gasteiger partial charge in [0.15, 0.2) is 23.0 Å².